The van der Waals surface area contributed by atoms with Crippen molar-refractivity contribution in [2.24, 2.45) is 0 Å². The summed E-state index contributed by atoms with van der Waals surface area (Å²) < 4.78 is 21.7. The van der Waals surface area contributed by atoms with Gasteiger partial charge in [0.25, 0.3) is 0 Å². The van der Waals surface area contributed by atoms with Crippen molar-refractivity contribution in [1.29, 1.82) is 0 Å². The van der Waals surface area contributed by atoms with Gasteiger partial charge in [0.05, 0.1) is 18.9 Å². The maximum absolute atomic E-state index is 11.9. The summed E-state index contributed by atoms with van der Waals surface area (Å²) in [5.41, 5.74) is 0.927. The van der Waals surface area contributed by atoms with Gasteiger partial charge < -0.3 is 18.6 Å². The first-order valence-corrected chi connectivity index (χ1v) is 8.12. The number of benzene rings is 1. The molecule has 1 aliphatic rings. The first-order chi connectivity index (χ1) is 11.7. The molecule has 0 aliphatic carbocycles. The number of esters is 1. The second-order valence-electron chi connectivity index (χ2n) is 5.70. The van der Waals surface area contributed by atoms with Crippen LogP contribution in [0.2, 0.25) is 0 Å². The van der Waals surface area contributed by atoms with E-state index >= 15 is 0 Å². The van der Waals surface area contributed by atoms with E-state index in [0.717, 1.165) is 25.0 Å². The summed E-state index contributed by atoms with van der Waals surface area (Å²) in [6, 6.07) is 9.63. The first kappa shape index (κ1) is 16.7. The number of carbonyl (C=O) groups excluding carboxylic acids is 1. The molecule has 1 aliphatic heterocycles. The van der Waals surface area contributed by atoms with E-state index in [9.17, 15) is 4.79 Å². The number of rotatable bonds is 7. The standard InChI is InChI=1S/C18H21NO5/c1-13(22-11-15-8-5-9-21-15)18(20)23-12-17-19-10-16(24-17)14-6-3-2-4-7-14/h2-4,6-7,10,13,15H,5,8-9,11-12H2,1H3. The van der Waals surface area contributed by atoms with E-state index in [1.54, 1.807) is 13.1 Å². The smallest absolute Gasteiger partial charge is 0.335 e. The van der Waals surface area contributed by atoms with Gasteiger partial charge in [-0.05, 0) is 19.8 Å². The van der Waals surface area contributed by atoms with Gasteiger partial charge in [-0.1, -0.05) is 30.3 Å². The van der Waals surface area contributed by atoms with E-state index in [0.29, 0.717) is 18.3 Å². The average molecular weight is 331 g/mol. The number of aromatic nitrogens is 1. The molecule has 128 valence electrons. The van der Waals surface area contributed by atoms with Crippen LogP contribution in [0, 0.1) is 0 Å². The molecule has 0 N–H and O–H groups in total. The Hall–Kier alpha value is -2.18. The van der Waals surface area contributed by atoms with Gasteiger partial charge in [-0.15, -0.1) is 0 Å². The number of oxazole rings is 1. The van der Waals surface area contributed by atoms with Crippen LogP contribution < -0.4 is 0 Å². The second-order valence-corrected chi connectivity index (χ2v) is 5.70. The Morgan fingerprint density at radius 2 is 2.21 bits per heavy atom. The van der Waals surface area contributed by atoms with Gasteiger partial charge in [0.2, 0.25) is 5.89 Å². The zero-order valence-corrected chi connectivity index (χ0v) is 13.6. The van der Waals surface area contributed by atoms with Crippen LogP contribution in [0.3, 0.4) is 0 Å². The van der Waals surface area contributed by atoms with Crippen molar-refractivity contribution in [2.45, 2.75) is 38.6 Å². The lowest BCUT2D eigenvalue weighted by atomic mass is 10.2. The third-order valence-electron chi connectivity index (χ3n) is 3.84. The van der Waals surface area contributed by atoms with Gasteiger partial charge in [-0.2, -0.15) is 0 Å². The van der Waals surface area contributed by atoms with Crippen LogP contribution >= 0.6 is 0 Å². The summed E-state index contributed by atoms with van der Waals surface area (Å²) in [6.07, 6.45) is 3.08. The number of hydrogen-bond donors (Lipinski definition) is 0. The fourth-order valence-corrected chi connectivity index (χ4v) is 2.46. The fraction of sp³-hybridized carbons (Fsp3) is 0.444. The average Bonchev–Trinajstić information content (AvgIpc) is 3.30. The molecular weight excluding hydrogens is 310 g/mol. The van der Waals surface area contributed by atoms with E-state index in [2.05, 4.69) is 4.98 Å². The Labute approximate surface area is 140 Å². The monoisotopic (exact) mass is 331 g/mol. The summed E-state index contributed by atoms with van der Waals surface area (Å²) in [6.45, 7) is 2.83. The first-order valence-electron chi connectivity index (χ1n) is 8.12. The molecule has 0 radical (unpaired) electrons. The van der Waals surface area contributed by atoms with Crippen molar-refractivity contribution in [3.63, 3.8) is 0 Å². The van der Waals surface area contributed by atoms with Crippen molar-refractivity contribution < 1.29 is 23.4 Å². The van der Waals surface area contributed by atoms with Gasteiger partial charge in [0.1, 0.15) is 0 Å². The van der Waals surface area contributed by atoms with Gasteiger partial charge in [-0.25, -0.2) is 9.78 Å². The molecule has 0 saturated carbocycles. The molecule has 1 fully saturated rings. The molecule has 2 heterocycles. The minimum atomic E-state index is -0.641. The van der Waals surface area contributed by atoms with E-state index < -0.39 is 12.1 Å². The van der Waals surface area contributed by atoms with Gasteiger partial charge >= 0.3 is 5.97 Å². The van der Waals surface area contributed by atoms with E-state index in [1.165, 1.54) is 0 Å². The molecule has 1 aromatic carbocycles. The lowest BCUT2D eigenvalue weighted by Gasteiger charge is -2.14. The van der Waals surface area contributed by atoms with Crippen LogP contribution in [-0.4, -0.2) is 36.4 Å². The Bertz CT molecular complexity index is 648. The van der Waals surface area contributed by atoms with E-state index in [-0.39, 0.29) is 12.7 Å². The molecule has 6 nitrogen and oxygen atoms in total. The molecule has 0 amide bonds. The Morgan fingerprint density at radius 3 is 2.96 bits per heavy atom. The minimum Gasteiger partial charge on any atom is -0.454 e. The zero-order valence-electron chi connectivity index (χ0n) is 13.6. The second kappa shape index (κ2) is 8.08. The quantitative estimate of drug-likeness (QED) is 0.727. The molecule has 24 heavy (non-hydrogen) atoms. The van der Waals surface area contributed by atoms with Crippen molar-refractivity contribution in [1.82, 2.24) is 4.98 Å². The Kier molecular flexibility index (Phi) is 5.61. The Balaban J connectivity index is 1.45. The molecule has 2 atom stereocenters. The molecule has 1 saturated heterocycles. The topological polar surface area (TPSA) is 70.8 Å². The van der Waals surface area contributed by atoms with Crippen LogP contribution in [-0.2, 0) is 25.6 Å². The highest BCUT2D eigenvalue weighted by Gasteiger charge is 2.21. The Morgan fingerprint density at radius 1 is 1.38 bits per heavy atom. The van der Waals surface area contributed by atoms with Gasteiger partial charge in [0.15, 0.2) is 18.5 Å². The summed E-state index contributed by atoms with van der Waals surface area (Å²) in [7, 11) is 0. The molecule has 2 unspecified atom stereocenters. The summed E-state index contributed by atoms with van der Waals surface area (Å²) >= 11 is 0. The molecule has 6 heteroatoms. The van der Waals surface area contributed by atoms with Crippen LogP contribution in [0.1, 0.15) is 25.7 Å². The maximum Gasteiger partial charge on any atom is 0.335 e. The summed E-state index contributed by atoms with van der Waals surface area (Å²) in [4.78, 5) is 16.1. The molecule has 2 aromatic rings. The number of ether oxygens (including phenoxy) is 3. The van der Waals surface area contributed by atoms with Gasteiger partial charge in [-0.3, -0.25) is 0 Å². The van der Waals surface area contributed by atoms with Crippen molar-refractivity contribution in [3.8, 4) is 11.3 Å². The molecular formula is C18H21NO5. The highest BCUT2D eigenvalue weighted by Crippen LogP contribution is 2.20. The highest BCUT2D eigenvalue weighted by molar-refractivity contribution is 5.74. The largest absolute Gasteiger partial charge is 0.454 e. The normalized spacial score (nSPS) is 18.5. The molecule has 0 spiro atoms. The SMILES string of the molecule is CC(OCC1CCCO1)C(=O)OCc1ncc(-c2ccccc2)o1. The maximum atomic E-state index is 11.9. The van der Waals surface area contributed by atoms with Crippen LogP contribution in [0.5, 0.6) is 0 Å². The predicted molar refractivity (Wildman–Crippen MR) is 86.1 cm³/mol. The third kappa shape index (κ3) is 4.43. The summed E-state index contributed by atoms with van der Waals surface area (Å²) in [5, 5.41) is 0. The summed E-state index contributed by atoms with van der Waals surface area (Å²) in [5.74, 6) is 0.560. The molecule has 3 rings (SSSR count). The van der Waals surface area contributed by atoms with Crippen molar-refractivity contribution >= 4 is 5.97 Å². The lowest BCUT2D eigenvalue weighted by Crippen LogP contribution is -2.27. The van der Waals surface area contributed by atoms with Crippen LogP contribution in [0.25, 0.3) is 11.3 Å². The van der Waals surface area contributed by atoms with Gasteiger partial charge in [0, 0.05) is 12.2 Å². The van der Waals surface area contributed by atoms with E-state index in [4.69, 9.17) is 18.6 Å². The lowest BCUT2D eigenvalue weighted by molar-refractivity contribution is -0.159. The molecule has 1 aromatic heterocycles. The molecule has 0 bridgehead atoms. The van der Waals surface area contributed by atoms with Crippen molar-refractivity contribution in [2.75, 3.05) is 13.2 Å². The predicted octanol–water partition coefficient (Wildman–Crippen LogP) is 2.97. The number of carbonyl (C=O) groups is 1. The minimum absolute atomic E-state index is 0.0146. The third-order valence-corrected chi connectivity index (χ3v) is 3.84. The van der Waals surface area contributed by atoms with Crippen LogP contribution in [0.4, 0.5) is 0 Å². The zero-order chi connectivity index (χ0) is 16.8. The number of nitrogens with zero attached hydrogens (tertiary/aromatic N) is 1. The fourth-order valence-electron chi connectivity index (χ4n) is 2.46. The van der Waals surface area contributed by atoms with Crippen molar-refractivity contribution in [3.05, 3.63) is 42.4 Å². The highest BCUT2D eigenvalue weighted by atomic mass is 16.6. The van der Waals surface area contributed by atoms with E-state index in [1.807, 2.05) is 30.3 Å². The van der Waals surface area contributed by atoms with Crippen LogP contribution in [0.15, 0.2) is 40.9 Å². The number of hydrogen-bond acceptors (Lipinski definition) is 6.